The van der Waals surface area contributed by atoms with Crippen LogP contribution in [-0.2, 0) is 10.8 Å². The van der Waals surface area contributed by atoms with E-state index >= 15 is 0 Å². The number of anilines is 6. The van der Waals surface area contributed by atoms with Crippen LogP contribution in [0.4, 0.5) is 34.1 Å². The van der Waals surface area contributed by atoms with E-state index < -0.39 is 0 Å². The smallest absolute Gasteiger partial charge is 0.252 e. The van der Waals surface area contributed by atoms with Crippen LogP contribution in [0.5, 0.6) is 0 Å². The quantitative estimate of drug-likeness (QED) is 0.163. The van der Waals surface area contributed by atoms with Gasteiger partial charge in [0.25, 0.3) is 6.71 Å². The molecule has 7 aromatic rings. The van der Waals surface area contributed by atoms with Crippen molar-refractivity contribution in [1.29, 1.82) is 0 Å². The van der Waals surface area contributed by atoms with E-state index in [2.05, 4.69) is 161 Å². The maximum atomic E-state index is 2.66. The Balaban J connectivity index is 1.12. The topological polar surface area (TPSA) is 6.48 Å². The van der Waals surface area contributed by atoms with Crippen molar-refractivity contribution in [2.45, 2.75) is 75.0 Å². The molecule has 274 valence electrons. The molecule has 0 amide bonds. The summed E-state index contributed by atoms with van der Waals surface area (Å²) in [6.07, 6.45) is 12.8. The lowest BCUT2D eigenvalue weighted by molar-refractivity contribution is 0.353. The summed E-state index contributed by atoms with van der Waals surface area (Å²) in [6, 6.07) is 58.8. The molecule has 2 saturated carbocycles. The van der Waals surface area contributed by atoms with E-state index in [0.717, 1.165) is 0 Å². The highest BCUT2D eigenvalue weighted by molar-refractivity contribution is 7.01. The van der Waals surface area contributed by atoms with E-state index in [1.807, 2.05) is 0 Å². The fourth-order valence-corrected chi connectivity index (χ4v) is 13.1. The number of fused-ring (bicyclic) bond motifs is 15. The fraction of sp³-hybridized carbons (Fsp3) is 0.222. The van der Waals surface area contributed by atoms with Crippen LogP contribution < -0.4 is 26.2 Å². The number of benzene rings is 7. The largest absolute Gasteiger partial charge is 0.311 e. The number of rotatable bonds is 2. The summed E-state index contributed by atoms with van der Waals surface area (Å²) < 4.78 is 0. The Morgan fingerprint density at radius 2 is 0.860 bits per heavy atom. The third-order valence-corrected chi connectivity index (χ3v) is 15.2. The van der Waals surface area contributed by atoms with E-state index in [-0.39, 0.29) is 17.5 Å². The molecule has 0 radical (unpaired) electrons. The van der Waals surface area contributed by atoms with Gasteiger partial charge < -0.3 is 9.80 Å². The van der Waals surface area contributed by atoms with Gasteiger partial charge in [-0.2, -0.15) is 0 Å². The van der Waals surface area contributed by atoms with E-state index in [9.17, 15) is 0 Å². The van der Waals surface area contributed by atoms with Gasteiger partial charge in [0.1, 0.15) is 0 Å². The first kappa shape index (κ1) is 32.3. The van der Waals surface area contributed by atoms with Gasteiger partial charge in [-0.05, 0) is 123 Å². The molecule has 57 heavy (non-hydrogen) atoms. The molecule has 0 atom stereocenters. The highest BCUT2D eigenvalue weighted by atomic mass is 15.2. The Bertz CT molecular complexity index is 2790. The van der Waals surface area contributed by atoms with Gasteiger partial charge in [-0.3, -0.25) is 0 Å². The molecule has 2 spiro atoms. The minimum Gasteiger partial charge on any atom is -0.311 e. The van der Waals surface area contributed by atoms with Gasteiger partial charge in [0.05, 0.1) is 5.69 Å². The minimum atomic E-state index is 0.0872. The summed E-state index contributed by atoms with van der Waals surface area (Å²) >= 11 is 0. The van der Waals surface area contributed by atoms with Crippen LogP contribution in [0.1, 0.15) is 86.5 Å². The monoisotopic (exact) mass is 732 g/mol. The normalized spacial score (nSPS) is 18.4. The Morgan fingerprint density at radius 1 is 0.351 bits per heavy atom. The van der Waals surface area contributed by atoms with Crippen LogP contribution in [0.2, 0.25) is 0 Å². The Kier molecular flexibility index (Phi) is 6.73. The van der Waals surface area contributed by atoms with E-state index in [4.69, 9.17) is 0 Å². The molecule has 2 nitrogen and oxygen atoms in total. The highest BCUT2D eigenvalue weighted by Gasteiger charge is 2.51. The summed E-state index contributed by atoms with van der Waals surface area (Å²) in [5.41, 5.74) is 24.2. The maximum absolute atomic E-state index is 2.66. The van der Waals surface area contributed by atoms with Crippen molar-refractivity contribution in [3.8, 4) is 22.3 Å². The van der Waals surface area contributed by atoms with Crippen LogP contribution in [0.3, 0.4) is 0 Å². The van der Waals surface area contributed by atoms with Crippen molar-refractivity contribution in [2.24, 2.45) is 0 Å². The lowest BCUT2D eigenvalue weighted by atomic mass is 9.32. The molecule has 2 fully saturated rings. The number of hydrogen-bond acceptors (Lipinski definition) is 2. The molecule has 13 rings (SSSR count). The second-order valence-corrected chi connectivity index (χ2v) is 17.7. The van der Waals surface area contributed by atoms with E-state index in [1.54, 1.807) is 16.7 Å². The van der Waals surface area contributed by atoms with Gasteiger partial charge in [-0.15, -0.1) is 0 Å². The van der Waals surface area contributed by atoms with Crippen LogP contribution in [0, 0.1) is 0 Å². The first-order chi connectivity index (χ1) is 28.3. The third kappa shape index (κ3) is 4.12. The molecule has 0 saturated heterocycles. The van der Waals surface area contributed by atoms with Crippen molar-refractivity contribution in [2.75, 3.05) is 9.80 Å². The zero-order valence-corrected chi connectivity index (χ0v) is 32.5. The van der Waals surface area contributed by atoms with Gasteiger partial charge in [-0.1, -0.05) is 148 Å². The molecule has 0 bridgehead atoms. The minimum absolute atomic E-state index is 0.0872. The number of hydrogen-bond donors (Lipinski definition) is 0. The lowest BCUT2D eigenvalue weighted by Gasteiger charge is -2.45. The van der Waals surface area contributed by atoms with E-state index in [0.29, 0.717) is 0 Å². The molecule has 0 N–H and O–H groups in total. The predicted octanol–water partition coefficient (Wildman–Crippen LogP) is 12.2. The summed E-state index contributed by atoms with van der Waals surface area (Å²) in [4.78, 5) is 5.25. The molecule has 0 unspecified atom stereocenters. The predicted molar refractivity (Wildman–Crippen MR) is 239 cm³/mol. The van der Waals surface area contributed by atoms with Crippen LogP contribution in [0.15, 0.2) is 152 Å². The standard InChI is InChI=1S/C54H45BN2/c1-4-18-36(19-5-1)56-46-28-17-29-47-51(46)55(52-48(56)31-30-42-50(52)38-21-7-9-23-40(38)54(42)34-14-3-15-35-54)43-25-10-11-26-44(43)57(47)45-27-16-24-41-49(45)37-20-6-8-22-39(37)53(41)32-12-2-13-33-53/h1,4-11,16-31H,2-3,12-15,32-35H2. The summed E-state index contributed by atoms with van der Waals surface area (Å²) in [5, 5.41) is 0. The fourth-order valence-electron chi connectivity index (χ4n) is 13.1. The van der Waals surface area contributed by atoms with Crippen LogP contribution in [-0.4, -0.2) is 6.71 Å². The van der Waals surface area contributed by atoms with Crippen molar-refractivity contribution in [1.82, 2.24) is 0 Å². The molecule has 2 heterocycles. The van der Waals surface area contributed by atoms with Gasteiger partial charge in [-0.25, -0.2) is 0 Å². The van der Waals surface area contributed by atoms with Gasteiger partial charge >= 0.3 is 0 Å². The molecule has 3 heteroatoms. The molecule has 4 aliphatic carbocycles. The van der Waals surface area contributed by atoms with Gasteiger partial charge in [0, 0.05) is 44.8 Å². The Hall–Kier alpha value is -5.80. The van der Waals surface area contributed by atoms with Crippen molar-refractivity contribution in [3.63, 3.8) is 0 Å². The van der Waals surface area contributed by atoms with Crippen LogP contribution in [0.25, 0.3) is 22.3 Å². The lowest BCUT2D eigenvalue weighted by Crippen LogP contribution is -2.62. The molecular weight excluding hydrogens is 687 g/mol. The van der Waals surface area contributed by atoms with Crippen molar-refractivity contribution >= 4 is 57.2 Å². The maximum Gasteiger partial charge on any atom is 0.252 e. The Labute approximate surface area is 336 Å². The Morgan fingerprint density at radius 3 is 1.58 bits per heavy atom. The molecular formula is C54H45BN2. The SMILES string of the molecule is c1ccc(N2c3cccc4c3B(c3ccccc3N4c3cccc4c3-c3ccccc3C43CCCCC3)c3c2ccc2c3-c3ccccc3C23CCCCC3)cc1. The summed E-state index contributed by atoms with van der Waals surface area (Å²) in [7, 11) is 0. The van der Waals surface area contributed by atoms with Gasteiger partial charge in [0.15, 0.2) is 0 Å². The zero-order chi connectivity index (χ0) is 37.3. The number of para-hydroxylation sites is 2. The van der Waals surface area contributed by atoms with Crippen molar-refractivity contribution < 1.29 is 0 Å². The second-order valence-electron chi connectivity index (χ2n) is 17.7. The first-order valence-corrected chi connectivity index (χ1v) is 21.7. The molecule has 0 aromatic heterocycles. The number of nitrogens with zero attached hydrogens (tertiary/aromatic N) is 2. The summed E-state index contributed by atoms with van der Waals surface area (Å²) in [5.74, 6) is 0. The molecule has 6 aliphatic rings. The van der Waals surface area contributed by atoms with Crippen molar-refractivity contribution in [3.05, 3.63) is 174 Å². The van der Waals surface area contributed by atoms with E-state index in [1.165, 1.54) is 143 Å². The van der Waals surface area contributed by atoms with Gasteiger partial charge in [0.2, 0.25) is 0 Å². The summed E-state index contributed by atoms with van der Waals surface area (Å²) in [6.45, 7) is 0.0918. The molecule has 7 aromatic carbocycles. The average molecular weight is 733 g/mol. The molecule has 2 aliphatic heterocycles. The zero-order valence-electron chi connectivity index (χ0n) is 32.5. The average Bonchev–Trinajstić information content (AvgIpc) is 3.70. The second kappa shape index (κ2) is 11.9. The first-order valence-electron chi connectivity index (χ1n) is 21.7. The third-order valence-electron chi connectivity index (χ3n) is 15.2. The van der Waals surface area contributed by atoms with Crippen LogP contribution >= 0.6 is 0 Å². The highest BCUT2D eigenvalue weighted by Crippen LogP contribution is 2.60.